The number of anilines is 2. The second-order valence-corrected chi connectivity index (χ2v) is 7.33. The predicted octanol–water partition coefficient (Wildman–Crippen LogP) is 4.07. The number of fused-ring (bicyclic) bond motifs is 1. The SMILES string of the molecule is O=C(c1cc(N2CCc3ccccc32)nc(-c2ccccc2)n1)N1CCCC1. The molecular formula is C23H22N4O. The van der Waals surface area contributed by atoms with Crippen LogP contribution in [0.25, 0.3) is 11.4 Å². The van der Waals surface area contributed by atoms with Crippen LogP contribution in [-0.4, -0.2) is 40.4 Å². The van der Waals surface area contributed by atoms with E-state index >= 15 is 0 Å². The van der Waals surface area contributed by atoms with Gasteiger partial charge >= 0.3 is 0 Å². The van der Waals surface area contributed by atoms with Crippen molar-refractivity contribution in [2.45, 2.75) is 19.3 Å². The summed E-state index contributed by atoms with van der Waals surface area (Å²) in [5.41, 5.74) is 3.89. The Kier molecular flexibility index (Phi) is 4.28. The summed E-state index contributed by atoms with van der Waals surface area (Å²) >= 11 is 0. The number of carbonyl (C=O) groups excluding carboxylic acids is 1. The highest BCUT2D eigenvalue weighted by Crippen LogP contribution is 2.34. The summed E-state index contributed by atoms with van der Waals surface area (Å²) in [7, 11) is 0. The number of benzene rings is 2. The smallest absolute Gasteiger partial charge is 0.272 e. The zero-order chi connectivity index (χ0) is 18.9. The molecule has 0 atom stereocenters. The second kappa shape index (κ2) is 7.08. The minimum atomic E-state index is 0.00538. The highest BCUT2D eigenvalue weighted by molar-refractivity contribution is 5.94. The minimum absolute atomic E-state index is 0.00538. The van der Waals surface area contributed by atoms with E-state index in [4.69, 9.17) is 4.98 Å². The van der Waals surface area contributed by atoms with Crippen LogP contribution in [0.4, 0.5) is 11.5 Å². The van der Waals surface area contributed by atoms with E-state index in [9.17, 15) is 4.79 Å². The number of carbonyl (C=O) groups is 1. The molecule has 0 bridgehead atoms. The highest BCUT2D eigenvalue weighted by Gasteiger charge is 2.26. The number of likely N-dealkylation sites (tertiary alicyclic amines) is 1. The minimum Gasteiger partial charge on any atom is -0.337 e. The van der Waals surface area contributed by atoms with Gasteiger partial charge in [-0.05, 0) is 30.9 Å². The van der Waals surface area contributed by atoms with Gasteiger partial charge < -0.3 is 9.80 Å². The van der Waals surface area contributed by atoms with E-state index in [1.54, 1.807) is 0 Å². The van der Waals surface area contributed by atoms with Crippen molar-refractivity contribution in [2.75, 3.05) is 24.5 Å². The molecule has 1 fully saturated rings. The first-order chi connectivity index (χ1) is 13.8. The maximum absolute atomic E-state index is 13.1. The first-order valence-corrected chi connectivity index (χ1v) is 9.89. The van der Waals surface area contributed by atoms with Gasteiger partial charge in [-0.15, -0.1) is 0 Å². The van der Waals surface area contributed by atoms with E-state index in [0.29, 0.717) is 11.5 Å². The summed E-state index contributed by atoms with van der Waals surface area (Å²) in [6.45, 7) is 2.48. The van der Waals surface area contributed by atoms with Crippen molar-refractivity contribution in [1.29, 1.82) is 0 Å². The molecule has 2 aromatic carbocycles. The van der Waals surface area contributed by atoms with E-state index in [-0.39, 0.29) is 5.91 Å². The van der Waals surface area contributed by atoms with E-state index in [1.165, 1.54) is 11.3 Å². The standard InChI is InChI=1S/C23H22N4O/c28-23(26-13-6-7-14-26)19-16-21(25-22(24-19)18-9-2-1-3-10-18)27-15-12-17-8-4-5-11-20(17)27/h1-5,8-11,16H,6-7,12-15H2. The van der Waals surface area contributed by atoms with Crippen LogP contribution < -0.4 is 4.90 Å². The fraction of sp³-hybridized carbons (Fsp3) is 0.261. The lowest BCUT2D eigenvalue weighted by Crippen LogP contribution is -2.29. The Hall–Kier alpha value is -3.21. The lowest BCUT2D eigenvalue weighted by atomic mass is 10.2. The predicted molar refractivity (Wildman–Crippen MR) is 110 cm³/mol. The van der Waals surface area contributed by atoms with Crippen LogP contribution in [0.2, 0.25) is 0 Å². The molecule has 0 N–H and O–H groups in total. The first kappa shape index (κ1) is 16.9. The van der Waals surface area contributed by atoms with Gasteiger partial charge in [-0.1, -0.05) is 48.5 Å². The van der Waals surface area contributed by atoms with Gasteiger partial charge in [0.1, 0.15) is 11.5 Å². The van der Waals surface area contributed by atoms with Crippen LogP contribution in [0.3, 0.4) is 0 Å². The van der Waals surface area contributed by atoms with Gasteiger partial charge in [0.2, 0.25) is 0 Å². The Morgan fingerprint density at radius 2 is 1.61 bits per heavy atom. The molecule has 5 heteroatoms. The van der Waals surface area contributed by atoms with Crippen molar-refractivity contribution >= 4 is 17.4 Å². The molecule has 0 unspecified atom stereocenters. The van der Waals surface area contributed by atoms with Gasteiger partial charge in [0.25, 0.3) is 5.91 Å². The normalized spacial score (nSPS) is 15.7. The van der Waals surface area contributed by atoms with Gasteiger partial charge in [0, 0.05) is 37.0 Å². The van der Waals surface area contributed by atoms with Gasteiger partial charge in [0.15, 0.2) is 5.82 Å². The van der Waals surface area contributed by atoms with Gasteiger partial charge in [-0.25, -0.2) is 9.97 Å². The average molecular weight is 370 g/mol. The van der Waals surface area contributed by atoms with Gasteiger partial charge in [0.05, 0.1) is 0 Å². The van der Waals surface area contributed by atoms with Crippen LogP contribution >= 0.6 is 0 Å². The zero-order valence-electron chi connectivity index (χ0n) is 15.7. The third-order valence-corrected chi connectivity index (χ3v) is 5.52. The van der Waals surface area contributed by atoms with Crippen LogP contribution in [0.15, 0.2) is 60.7 Å². The van der Waals surface area contributed by atoms with Crippen LogP contribution in [0.5, 0.6) is 0 Å². The molecule has 5 nitrogen and oxygen atoms in total. The number of aromatic nitrogens is 2. The van der Waals surface area contributed by atoms with Crippen molar-refractivity contribution in [3.05, 3.63) is 71.9 Å². The third-order valence-electron chi connectivity index (χ3n) is 5.52. The molecule has 2 aliphatic rings. The quantitative estimate of drug-likeness (QED) is 0.697. The van der Waals surface area contributed by atoms with E-state index in [0.717, 1.165) is 50.3 Å². The number of amides is 1. The Balaban J connectivity index is 1.60. The summed E-state index contributed by atoms with van der Waals surface area (Å²) in [6.07, 6.45) is 3.11. The molecule has 3 aromatic rings. The first-order valence-electron chi connectivity index (χ1n) is 9.89. The molecule has 0 saturated carbocycles. The largest absolute Gasteiger partial charge is 0.337 e. The lowest BCUT2D eigenvalue weighted by Gasteiger charge is -2.21. The van der Waals surface area contributed by atoms with E-state index in [1.807, 2.05) is 47.4 Å². The molecule has 1 saturated heterocycles. The molecule has 1 aromatic heterocycles. The van der Waals surface area contributed by atoms with Crippen molar-refractivity contribution < 1.29 is 4.79 Å². The summed E-state index contributed by atoms with van der Waals surface area (Å²) in [5.74, 6) is 1.40. The number of para-hydroxylation sites is 1. The summed E-state index contributed by atoms with van der Waals surface area (Å²) in [4.78, 5) is 26.6. The molecule has 0 spiro atoms. The fourth-order valence-corrected chi connectivity index (χ4v) is 4.06. The Labute approximate surface area is 164 Å². The lowest BCUT2D eigenvalue weighted by molar-refractivity contribution is 0.0787. The van der Waals surface area contributed by atoms with Crippen LogP contribution in [0.1, 0.15) is 28.9 Å². The molecular weight excluding hydrogens is 348 g/mol. The van der Waals surface area contributed by atoms with Crippen molar-refractivity contribution in [3.63, 3.8) is 0 Å². The maximum atomic E-state index is 13.1. The molecule has 1 amide bonds. The van der Waals surface area contributed by atoms with Crippen molar-refractivity contribution in [2.24, 2.45) is 0 Å². The summed E-state index contributed by atoms with van der Waals surface area (Å²) in [5, 5.41) is 0. The molecule has 0 radical (unpaired) electrons. The topological polar surface area (TPSA) is 49.3 Å². The highest BCUT2D eigenvalue weighted by atomic mass is 16.2. The third kappa shape index (κ3) is 3.03. The number of hydrogen-bond acceptors (Lipinski definition) is 4. The Morgan fingerprint density at radius 3 is 2.43 bits per heavy atom. The van der Waals surface area contributed by atoms with Crippen molar-refractivity contribution in [1.82, 2.24) is 14.9 Å². The molecule has 5 rings (SSSR count). The number of nitrogens with zero attached hydrogens (tertiary/aromatic N) is 4. The molecule has 3 heterocycles. The fourth-order valence-electron chi connectivity index (χ4n) is 4.06. The monoisotopic (exact) mass is 370 g/mol. The van der Waals surface area contributed by atoms with E-state index < -0.39 is 0 Å². The Bertz CT molecular complexity index is 1010. The number of hydrogen-bond donors (Lipinski definition) is 0. The second-order valence-electron chi connectivity index (χ2n) is 7.33. The van der Waals surface area contributed by atoms with Crippen LogP contribution in [0, 0.1) is 0 Å². The summed E-state index contributed by atoms with van der Waals surface area (Å²) in [6, 6.07) is 20.1. The molecule has 140 valence electrons. The molecule has 28 heavy (non-hydrogen) atoms. The van der Waals surface area contributed by atoms with Crippen molar-refractivity contribution in [3.8, 4) is 11.4 Å². The number of rotatable bonds is 3. The van der Waals surface area contributed by atoms with Crippen LogP contribution in [-0.2, 0) is 6.42 Å². The maximum Gasteiger partial charge on any atom is 0.272 e. The average Bonchev–Trinajstić information content (AvgIpc) is 3.44. The van der Waals surface area contributed by atoms with Gasteiger partial charge in [-0.2, -0.15) is 0 Å². The zero-order valence-corrected chi connectivity index (χ0v) is 15.7. The molecule has 0 aliphatic carbocycles. The Morgan fingerprint density at radius 1 is 0.857 bits per heavy atom. The van der Waals surface area contributed by atoms with E-state index in [2.05, 4.69) is 28.1 Å². The molecule has 2 aliphatic heterocycles. The van der Waals surface area contributed by atoms with Gasteiger partial charge in [-0.3, -0.25) is 4.79 Å². The summed E-state index contributed by atoms with van der Waals surface area (Å²) < 4.78 is 0.